The number of nitrogens with one attached hydrogen (secondary N) is 1. The highest BCUT2D eigenvalue weighted by molar-refractivity contribution is 5.97. The maximum Gasteiger partial charge on any atom is 0.229 e. The van der Waals surface area contributed by atoms with Crippen molar-refractivity contribution in [3.63, 3.8) is 0 Å². The molecule has 2 aliphatic rings. The summed E-state index contributed by atoms with van der Waals surface area (Å²) < 4.78 is 5.41. The Morgan fingerprint density at radius 1 is 1.00 bits per heavy atom. The number of anilines is 1. The summed E-state index contributed by atoms with van der Waals surface area (Å²) in [4.78, 5) is 29.4. The zero-order valence-corrected chi connectivity index (χ0v) is 16.5. The van der Waals surface area contributed by atoms with Crippen LogP contribution in [0.15, 0.2) is 54.6 Å². The first-order valence-corrected chi connectivity index (χ1v) is 10.2. The van der Waals surface area contributed by atoms with Gasteiger partial charge in [0.1, 0.15) is 0 Å². The van der Waals surface area contributed by atoms with E-state index < -0.39 is 0 Å². The third kappa shape index (κ3) is 5.02. The average Bonchev–Trinajstić information content (AvgIpc) is 3.11. The minimum Gasteiger partial charge on any atom is -0.379 e. The fraction of sp³-hybridized carbons (Fsp3) is 0.391. The quantitative estimate of drug-likeness (QED) is 0.819. The molecule has 2 aromatic carbocycles. The van der Waals surface area contributed by atoms with Crippen LogP contribution in [-0.2, 0) is 27.4 Å². The second-order valence-electron chi connectivity index (χ2n) is 7.70. The number of carbonyl (C=O) groups is 2. The SMILES string of the molecule is O=C(Nc1ccccc1CN1CCOCC1)[C@H]1CC(=O)N(Cc2ccccc2)C1. The molecule has 0 unspecified atom stereocenters. The molecule has 4 rings (SSSR count). The Morgan fingerprint density at radius 3 is 2.52 bits per heavy atom. The largest absolute Gasteiger partial charge is 0.379 e. The average molecular weight is 393 g/mol. The summed E-state index contributed by atoms with van der Waals surface area (Å²) in [6.07, 6.45) is 0.268. The summed E-state index contributed by atoms with van der Waals surface area (Å²) in [5, 5.41) is 3.07. The van der Waals surface area contributed by atoms with E-state index in [0.29, 0.717) is 13.1 Å². The normalized spacial score (nSPS) is 20.1. The molecule has 0 saturated carbocycles. The van der Waals surface area contributed by atoms with Crippen LogP contribution in [0.3, 0.4) is 0 Å². The number of benzene rings is 2. The van der Waals surface area contributed by atoms with Gasteiger partial charge in [0.25, 0.3) is 0 Å². The number of hydrogen-bond acceptors (Lipinski definition) is 4. The van der Waals surface area contributed by atoms with E-state index in [1.54, 1.807) is 4.90 Å². The molecule has 2 aromatic rings. The first-order chi connectivity index (χ1) is 14.2. The molecule has 2 fully saturated rings. The maximum atomic E-state index is 12.9. The number of ether oxygens (including phenoxy) is 1. The van der Waals surface area contributed by atoms with Gasteiger partial charge in [-0.15, -0.1) is 0 Å². The van der Waals surface area contributed by atoms with Crippen molar-refractivity contribution < 1.29 is 14.3 Å². The zero-order chi connectivity index (χ0) is 20.1. The van der Waals surface area contributed by atoms with E-state index in [0.717, 1.165) is 49.7 Å². The maximum absolute atomic E-state index is 12.9. The van der Waals surface area contributed by atoms with Crippen LogP contribution in [0.4, 0.5) is 5.69 Å². The topological polar surface area (TPSA) is 61.9 Å². The molecule has 6 nitrogen and oxygen atoms in total. The number of carbonyl (C=O) groups excluding carboxylic acids is 2. The van der Waals surface area contributed by atoms with Gasteiger partial charge in [0.2, 0.25) is 11.8 Å². The molecule has 0 radical (unpaired) electrons. The zero-order valence-electron chi connectivity index (χ0n) is 16.5. The lowest BCUT2D eigenvalue weighted by atomic mass is 10.1. The van der Waals surface area contributed by atoms with Crippen molar-refractivity contribution in [1.29, 1.82) is 0 Å². The fourth-order valence-corrected chi connectivity index (χ4v) is 3.92. The number of hydrogen-bond donors (Lipinski definition) is 1. The monoisotopic (exact) mass is 393 g/mol. The Hall–Kier alpha value is -2.70. The van der Waals surface area contributed by atoms with Crippen LogP contribution in [-0.4, -0.2) is 54.5 Å². The molecular formula is C23H27N3O3. The molecule has 0 aromatic heterocycles. The molecule has 29 heavy (non-hydrogen) atoms. The molecule has 2 aliphatic heterocycles. The molecule has 152 valence electrons. The first-order valence-electron chi connectivity index (χ1n) is 10.2. The van der Waals surface area contributed by atoms with Crippen LogP contribution in [0, 0.1) is 5.92 Å². The summed E-state index contributed by atoms with van der Waals surface area (Å²) in [5.41, 5.74) is 3.00. The van der Waals surface area contributed by atoms with Crippen molar-refractivity contribution in [3.8, 4) is 0 Å². The van der Waals surface area contributed by atoms with Gasteiger partial charge in [-0.1, -0.05) is 48.5 Å². The van der Waals surface area contributed by atoms with E-state index in [4.69, 9.17) is 4.74 Å². The highest BCUT2D eigenvalue weighted by atomic mass is 16.5. The molecule has 1 N–H and O–H groups in total. The van der Waals surface area contributed by atoms with Crippen molar-refractivity contribution in [2.45, 2.75) is 19.5 Å². The Labute approximate surface area is 171 Å². The van der Waals surface area contributed by atoms with Crippen molar-refractivity contribution in [2.75, 3.05) is 38.2 Å². The van der Waals surface area contributed by atoms with Crippen molar-refractivity contribution in [2.24, 2.45) is 5.92 Å². The number of amides is 2. The van der Waals surface area contributed by atoms with Crippen LogP contribution in [0.25, 0.3) is 0 Å². The summed E-state index contributed by atoms with van der Waals surface area (Å²) in [5.74, 6) is -0.360. The number of rotatable bonds is 6. The Bertz CT molecular complexity index is 849. The van der Waals surface area contributed by atoms with Gasteiger partial charge in [0.15, 0.2) is 0 Å². The van der Waals surface area contributed by atoms with Crippen molar-refractivity contribution in [3.05, 3.63) is 65.7 Å². The third-order valence-corrected chi connectivity index (χ3v) is 5.57. The lowest BCUT2D eigenvalue weighted by molar-refractivity contribution is -0.128. The van der Waals surface area contributed by atoms with E-state index in [1.165, 1.54) is 0 Å². The van der Waals surface area contributed by atoms with Gasteiger partial charge in [0.05, 0.1) is 19.1 Å². The minimum atomic E-state index is -0.317. The van der Waals surface area contributed by atoms with Gasteiger partial charge in [0, 0.05) is 44.8 Å². The van der Waals surface area contributed by atoms with Crippen LogP contribution in [0.2, 0.25) is 0 Å². The Morgan fingerprint density at radius 2 is 1.72 bits per heavy atom. The Balaban J connectivity index is 1.37. The predicted octanol–water partition coefficient (Wildman–Crippen LogP) is 2.51. The smallest absolute Gasteiger partial charge is 0.229 e. The second kappa shape index (κ2) is 9.20. The van der Waals surface area contributed by atoms with Gasteiger partial charge in [-0.25, -0.2) is 0 Å². The summed E-state index contributed by atoms with van der Waals surface area (Å²) in [6.45, 7) is 5.08. The number of para-hydroxylation sites is 1. The summed E-state index contributed by atoms with van der Waals surface area (Å²) >= 11 is 0. The first kappa shape index (κ1) is 19.6. The summed E-state index contributed by atoms with van der Waals surface area (Å²) in [6, 6.07) is 17.8. The molecule has 1 atom stereocenters. The van der Waals surface area contributed by atoms with Gasteiger partial charge in [-0.2, -0.15) is 0 Å². The highest BCUT2D eigenvalue weighted by Crippen LogP contribution is 2.24. The lowest BCUT2D eigenvalue weighted by Gasteiger charge is -2.27. The van der Waals surface area contributed by atoms with Crippen LogP contribution >= 0.6 is 0 Å². The van der Waals surface area contributed by atoms with Crippen LogP contribution < -0.4 is 5.32 Å². The van der Waals surface area contributed by atoms with Crippen LogP contribution in [0.5, 0.6) is 0 Å². The standard InChI is InChI=1S/C23H27N3O3/c27-22-14-20(17-26(22)15-18-6-2-1-3-7-18)23(28)24-21-9-5-4-8-19(21)16-25-10-12-29-13-11-25/h1-9,20H,10-17H2,(H,24,28)/t20-/m0/s1. The molecule has 6 heteroatoms. The molecular weight excluding hydrogens is 366 g/mol. The van der Waals surface area contributed by atoms with E-state index in [2.05, 4.69) is 10.2 Å². The number of morpholine rings is 1. The van der Waals surface area contributed by atoms with Gasteiger partial charge < -0.3 is 15.0 Å². The van der Waals surface area contributed by atoms with Gasteiger partial charge >= 0.3 is 0 Å². The van der Waals surface area contributed by atoms with Gasteiger partial charge in [-0.3, -0.25) is 14.5 Å². The fourth-order valence-electron chi connectivity index (χ4n) is 3.92. The molecule has 0 spiro atoms. The van der Waals surface area contributed by atoms with E-state index in [9.17, 15) is 9.59 Å². The second-order valence-corrected chi connectivity index (χ2v) is 7.70. The van der Waals surface area contributed by atoms with E-state index >= 15 is 0 Å². The molecule has 2 saturated heterocycles. The van der Waals surface area contributed by atoms with Crippen molar-refractivity contribution in [1.82, 2.24) is 9.80 Å². The molecule has 0 bridgehead atoms. The number of nitrogens with zero attached hydrogens (tertiary/aromatic N) is 2. The number of likely N-dealkylation sites (tertiary alicyclic amines) is 1. The lowest BCUT2D eigenvalue weighted by Crippen LogP contribution is -2.36. The summed E-state index contributed by atoms with van der Waals surface area (Å²) in [7, 11) is 0. The Kier molecular flexibility index (Phi) is 6.22. The van der Waals surface area contributed by atoms with E-state index in [-0.39, 0.29) is 24.2 Å². The third-order valence-electron chi connectivity index (χ3n) is 5.57. The van der Waals surface area contributed by atoms with Crippen LogP contribution in [0.1, 0.15) is 17.5 Å². The molecule has 2 heterocycles. The van der Waals surface area contributed by atoms with Crippen molar-refractivity contribution >= 4 is 17.5 Å². The molecule has 2 amide bonds. The van der Waals surface area contributed by atoms with Gasteiger partial charge in [-0.05, 0) is 17.2 Å². The predicted molar refractivity (Wildman–Crippen MR) is 111 cm³/mol. The minimum absolute atomic E-state index is 0.0376. The highest BCUT2D eigenvalue weighted by Gasteiger charge is 2.34. The van der Waals surface area contributed by atoms with E-state index in [1.807, 2.05) is 54.6 Å². The molecule has 0 aliphatic carbocycles.